The zero-order chi connectivity index (χ0) is 10.8. The summed E-state index contributed by atoms with van der Waals surface area (Å²) in [5, 5.41) is 0. The maximum absolute atomic E-state index is 11.9. The molecule has 1 amide bonds. The molecule has 4 nitrogen and oxygen atoms in total. The van der Waals surface area contributed by atoms with Crippen molar-refractivity contribution >= 4 is 5.91 Å². The third-order valence-electron chi connectivity index (χ3n) is 2.91. The summed E-state index contributed by atoms with van der Waals surface area (Å²) in [6, 6.07) is 3.93. The lowest BCUT2D eigenvalue weighted by Gasteiger charge is -2.19. The molecule has 0 saturated carbocycles. The monoisotopic (exact) mass is 208 g/mol. The summed E-state index contributed by atoms with van der Waals surface area (Å²) in [6.45, 7) is 1.62. The van der Waals surface area contributed by atoms with Gasteiger partial charge in [-0.3, -0.25) is 4.79 Å². The third-order valence-corrected chi connectivity index (χ3v) is 2.91. The average molecular weight is 208 g/mol. The number of carbonyl (C=O) groups excluding carboxylic acids is 1. The first-order valence-electron chi connectivity index (χ1n) is 5.17. The van der Waals surface area contributed by atoms with Crippen LogP contribution in [0.3, 0.4) is 0 Å². The topological polar surface area (TPSA) is 36.7 Å². The Labute approximate surface area is 89.5 Å². The quantitative estimate of drug-likeness (QED) is 0.729. The molecule has 1 unspecified atom stereocenters. The Bertz CT molecular complexity index is 332. The van der Waals surface area contributed by atoms with E-state index in [4.69, 9.17) is 4.42 Å². The molecule has 2 rings (SSSR count). The highest BCUT2D eigenvalue weighted by Gasteiger charge is 2.28. The van der Waals surface area contributed by atoms with E-state index in [0.29, 0.717) is 11.8 Å². The Morgan fingerprint density at radius 1 is 1.60 bits per heavy atom. The molecule has 1 aliphatic rings. The molecule has 0 radical (unpaired) electrons. The zero-order valence-electron chi connectivity index (χ0n) is 9.14. The summed E-state index contributed by atoms with van der Waals surface area (Å²) in [5.41, 5.74) is 0. The zero-order valence-corrected chi connectivity index (χ0v) is 9.14. The largest absolute Gasteiger partial charge is 0.459 e. The number of hydrogen-bond acceptors (Lipinski definition) is 3. The number of likely N-dealkylation sites (N-methyl/N-ethyl adjacent to an activating group) is 1. The minimum atomic E-state index is 0.00403. The van der Waals surface area contributed by atoms with Gasteiger partial charge in [0.1, 0.15) is 0 Å². The van der Waals surface area contributed by atoms with Crippen molar-refractivity contribution in [3.8, 4) is 0 Å². The number of likely N-dealkylation sites (tertiary alicyclic amines) is 1. The fourth-order valence-electron chi connectivity index (χ4n) is 1.90. The van der Waals surface area contributed by atoms with Crippen molar-refractivity contribution in [1.82, 2.24) is 9.80 Å². The molecule has 82 valence electrons. The molecule has 1 aliphatic heterocycles. The molecule has 15 heavy (non-hydrogen) atoms. The van der Waals surface area contributed by atoms with Gasteiger partial charge in [-0.1, -0.05) is 0 Å². The smallest absolute Gasteiger partial charge is 0.289 e. The van der Waals surface area contributed by atoms with Crippen LogP contribution >= 0.6 is 0 Å². The number of furan rings is 1. The second-order valence-corrected chi connectivity index (χ2v) is 4.13. The van der Waals surface area contributed by atoms with E-state index in [-0.39, 0.29) is 5.91 Å². The lowest BCUT2D eigenvalue weighted by atomic mass is 10.2. The predicted octanol–water partition coefficient (Wildman–Crippen LogP) is 1.06. The van der Waals surface area contributed by atoms with Crippen LogP contribution in [-0.2, 0) is 0 Å². The summed E-state index contributed by atoms with van der Waals surface area (Å²) in [5.74, 6) is 0.443. The third kappa shape index (κ3) is 2.04. The minimum absolute atomic E-state index is 0.00403. The van der Waals surface area contributed by atoms with Crippen molar-refractivity contribution in [3.63, 3.8) is 0 Å². The van der Waals surface area contributed by atoms with Crippen LogP contribution < -0.4 is 0 Å². The van der Waals surface area contributed by atoms with Gasteiger partial charge >= 0.3 is 0 Å². The average Bonchev–Trinajstić information content (AvgIpc) is 2.88. The summed E-state index contributed by atoms with van der Waals surface area (Å²) < 4.78 is 5.10. The van der Waals surface area contributed by atoms with Crippen LogP contribution in [0.15, 0.2) is 22.8 Å². The normalized spacial score (nSPS) is 21.3. The van der Waals surface area contributed by atoms with E-state index >= 15 is 0 Å². The van der Waals surface area contributed by atoms with E-state index in [1.54, 1.807) is 12.1 Å². The van der Waals surface area contributed by atoms with Crippen LogP contribution in [0.25, 0.3) is 0 Å². The van der Waals surface area contributed by atoms with Gasteiger partial charge < -0.3 is 14.2 Å². The van der Waals surface area contributed by atoms with E-state index in [1.807, 2.05) is 19.0 Å². The number of nitrogens with zero attached hydrogens (tertiary/aromatic N) is 2. The fraction of sp³-hybridized carbons (Fsp3) is 0.545. The van der Waals surface area contributed by atoms with Gasteiger partial charge in [0, 0.05) is 19.1 Å². The van der Waals surface area contributed by atoms with Crippen LogP contribution in [0.5, 0.6) is 0 Å². The van der Waals surface area contributed by atoms with Crippen LogP contribution in [0.2, 0.25) is 0 Å². The first-order valence-corrected chi connectivity index (χ1v) is 5.17. The van der Waals surface area contributed by atoms with Gasteiger partial charge in [0.05, 0.1) is 6.26 Å². The van der Waals surface area contributed by atoms with Gasteiger partial charge in [-0.05, 0) is 32.6 Å². The Balaban J connectivity index is 1.99. The Morgan fingerprint density at radius 2 is 2.40 bits per heavy atom. The highest BCUT2D eigenvalue weighted by molar-refractivity contribution is 5.91. The summed E-state index contributed by atoms with van der Waals surface area (Å²) >= 11 is 0. The molecule has 1 saturated heterocycles. The lowest BCUT2D eigenvalue weighted by molar-refractivity contribution is 0.0751. The lowest BCUT2D eigenvalue weighted by Crippen LogP contribution is -2.34. The predicted molar refractivity (Wildman–Crippen MR) is 56.7 cm³/mol. The second-order valence-electron chi connectivity index (χ2n) is 4.13. The first-order chi connectivity index (χ1) is 7.18. The fourth-order valence-corrected chi connectivity index (χ4v) is 1.90. The summed E-state index contributed by atoms with van der Waals surface area (Å²) in [4.78, 5) is 15.9. The number of amides is 1. The Hall–Kier alpha value is -1.29. The number of hydrogen-bond donors (Lipinski definition) is 0. The maximum atomic E-state index is 11.9. The van der Waals surface area contributed by atoms with E-state index in [1.165, 1.54) is 6.26 Å². The van der Waals surface area contributed by atoms with Gasteiger partial charge in [-0.15, -0.1) is 0 Å². The van der Waals surface area contributed by atoms with Crippen LogP contribution in [-0.4, -0.2) is 48.9 Å². The van der Waals surface area contributed by atoms with E-state index < -0.39 is 0 Å². The molecule has 1 atom stereocenters. The molecule has 2 heterocycles. The van der Waals surface area contributed by atoms with E-state index in [2.05, 4.69) is 4.90 Å². The van der Waals surface area contributed by atoms with Crippen LogP contribution in [0, 0.1) is 0 Å². The molecular formula is C11H16N2O2. The molecular weight excluding hydrogens is 192 g/mol. The highest BCUT2D eigenvalue weighted by Crippen LogP contribution is 2.16. The molecule has 1 aromatic rings. The number of carbonyl (C=O) groups is 1. The maximum Gasteiger partial charge on any atom is 0.289 e. The number of rotatable bonds is 2. The summed E-state index contributed by atoms with van der Waals surface area (Å²) in [6.07, 6.45) is 2.58. The van der Waals surface area contributed by atoms with Gasteiger partial charge in [0.25, 0.3) is 5.91 Å². The van der Waals surface area contributed by atoms with Gasteiger partial charge in [0.15, 0.2) is 5.76 Å². The Kier molecular flexibility index (Phi) is 2.77. The Morgan fingerprint density at radius 3 is 2.93 bits per heavy atom. The van der Waals surface area contributed by atoms with Crippen molar-refractivity contribution in [2.24, 2.45) is 0 Å². The van der Waals surface area contributed by atoms with Crippen molar-refractivity contribution in [1.29, 1.82) is 0 Å². The molecule has 0 N–H and O–H groups in total. The molecule has 0 bridgehead atoms. The van der Waals surface area contributed by atoms with Crippen molar-refractivity contribution < 1.29 is 9.21 Å². The van der Waals surface area contributed by atoms with Crippen molar-refractivity contribution in [2.75, 3.05) is 27.2 Å². The van der Waals surface area contributed by atoms with Crippen LogP contribution in [0.1, 0.15) is 17.0 Å². The van der Waals surface area contributed by atoms with Gasteiger partial charge in [0.2, 0.25) is 0 Å². The van der Waals surface area contributed by atoms with Crippen molar-refractivity contribution in [2.45, 2.75) is 12.5 Å². The SMILES string of the molecule is CN(C)C1CCN(C(=O)c2ccco2)C1. The molecule has 1 aromatic heterocycles. The first kappa shape index (κ1) is 10.2. The molecule has 0 spiro atoms. The second kappa shape index (κ2) is 4.06. The molecule has 0 aliphatic carbocycles. The molecule has 0 aromatic carbocycles. The van der Waals surface area contributed by atoms with E-state index in [9.17, 15) is 4.79 Å². The van der Waals surface area contributed by atoms with Gasteiger partial charge in [-0.25, -0.2) is 0 Å². The van der Waals surface area contributed by atoms with Crippen LogP contribution in [0.4, 0.5) is 0 Å². The molecule has 1 fully saturated rings. The highest BCUT2D eigenvalue weighted by atomic mass is 16.3. The van der Waals surface area contributed by atoms with Gasteiger partial charge in [-0.2, -0.15) is 0 Å². The van der Waals surface area contributed by atoms with E-state index in [0.717, 1.165) is 19.5 Å². The minimum Gasteiger partial charge on any atom is -0.459 e. The summed E-state index contributed by atoms with van der Waals surface area (Å²) in [7, 11) is 4.09. The standard InChI is InChI=1S/C11H16N2O2/c1-12(2)9-5-6-13(8-9)11(14)10-4-3-7-15-10/h3-4,7,9H,5-6,8H2,1-2H3. The molecule has 4 heteroatoms. The van der Waals surface area contributed by atoms with Crippen molar-refractivity contribution in [3.05, 3.63) is 24.2 Å².